The van der Waals surface area contributed by atoms with Gasteiger partial charge in [0, 0.05) is 0 Å². The standard InChI is InChI=1S/C17H24N2O6/c1-16(2,3)24-14(22)19(15(23)25-17(4,5)6)12-9-7-8-11(18-12)10-13(20)21/h7-9H,10H2,1-6H3,(H,20,21). The molecule has 0 aromatic carbocycles. The Morgan fingerprint density at radius 1 is 1.00 bits per heavy atom. The van der Waals surface area contributed by atoms with Crippen molar-refractivity contribution in [3.8, 4) is 0 Å². The normalized spacial score (nSPS) is 11.6. The smallest absolute Gasteiger partial charge is 0.425 e. The molecule has 8 heteroatoms. The first-order valence-electron chi connectivity index (χ1n) is 7.72. The summed E-state index contributed by atoms with van der Waals surface area (Å²) in [5.74, 6) is -1.15. The molecule has 1 heterocycles. The number of ether oxygens (including phenoxy) is 2. The van der Waals surface area contributed by atoms with Gasteiger partial charge in [-0.3, -0.25) is 4.79 Å². The zero-order chi connectivity index (χ0) is 19.4. The third-order valence-corrected chi connectivity index (χ3v) is 2.51. The van der Waals surface area contributed by atoms with E-state index < -0.39 is 29.4 Å². The fourth-order valence-corrected chi connectivity index (χ4v) is 1.72. The highest BCUT2D eigenvalue weighted by atomic mass is 16.6. The zero-order valence-electron chi connectivity index (χ0n) is 15.3. The highest BCUT2D eigenvalue weighted by molar-refractivity contribution is 6.08. The average Bonchev–Trinajstić information content (AvgIpc) is 2.33. The molecule has 2 amide bonds. The minimum Gasteiger partial charge on any atom is -0.481 e. The van der Waals surface area contributed by atoms with E-state index in [1.54, 1.807) is 41.5 Å². The van der Waals surface area contributed by atoms with E-state index in [-0.39, 0.29) is 17.9 Å². The van der Waals surface area contributed by atoms with Crippen LogP contribution in [0.3, 0.4) is 0 Å². The maximum atomic E-state index is 12.5. The van der Waals surface area contributed by atoms with E-state index in [0.717, 1.165) is 0 Å². The van der Waals surface area contributed by atoms with E-state index in [1.165, 1.54) is 18.2 Å². The Morgan fingerprint density at radius 2 is 1.48 bits per heavy atom. The minimum absolute atomic E-state index is 0.0674. The molecule has 1 rings (SSSR count). The number of anilines is 1. The van der Waals surface area contributed by atoms with Gasteiger partial charge in [-0.05, 0) is 53.7 Å². The summed E-state index contributed by atoms with van der Waals surface area (Å²) in [6.07, 6.45) is -2.26. The second-order valence-electron chi connectivity index (χ2n) is 7.35. The molecule has 1 aromatic rings. The van der Waals surface area contributed by atoms with Crippen LogP contribution in [0.1, 0.15) is 47.2 Å². The van der Waals surface area contributed by atoms with Crippen LogP contribution in [0.15, 0.2) is 18.2 Å². The van der Waals surface area contributed by atoms with Crippen molar-refractivity contribution in [2.45, 2.75) is 59.2 Å². The van der Waals surface area contributed by atoms with Gasteiger partial charge in [-0.25, -0.2) is 14.6 Å². The predicted molar refractivity (Wildman–Crippen MR) is 90.5 cm³/mol. The van der Waals surface area contributed by atoms with Gasteiger partial charge in [0.25, 0.3) is 0 Å². The number of carboxylic acid groups (broad SMARTS) is 1. The first-order valence-corrected chi connectivity index (χ1v) is 7.72. The molecule has 0 aliphatic heterocycles. The van der Waals surface area contributed by atoms with Crippen LogP contribution in [0.2, 0.25) is 0 Å². The highest BCUT2D eigenvalue weighted by Gasteiger charge is 2.33. The second kappa shape index (κ2) is 7.50. The van der Waals surface area contributed by atoms with Gasteiger partial charge in [-0.15, -0.1) is 0 Å². The summed E-state index contributed by atoms with van der Waals surface area (Å²) in [5.41, 5.74) is -1.48. The molecule has 0 bridgehead atoms. The van der Waals surface area contributed by atoms with Crippen LogP contribution in [-0.2, 0) is 20.7 Å². The van der Waals surface area contributed by atoms with Crippen LogP contribution in [-0.4, -0.2) is 39.4 Å². The topological polar surface area (TPSA) is 106 Å². The van der Waals surface area contributed by atoms with Crippen molar-refractivity contribution in [1.82, 2.24) is 4.98 Å². The summed E-state index contributed by atoms with van der Waals surface area (Å²) in [4.78, 5) is 40.5. The molecular weight excluding hydrogens is 328 g/mol. The largest absolute Gasteiger partial charge is 0.481 e. The molecule has 1 aromatic heterocycles. The number of carbonyl (C=O) groups excluding carboxylic acids is 2. The summed E-state index contributed by atoms with van der Waals surface area (Å²) >= 11 is 0. The Balaban J connectivity index is 3.24. The van der Waals surface area contributed by atoms with Gasteiger partial charge in [0.2, 0.25) is 0 Å². The number of nitrogens with zero attached hydrogens (tertiary/aromatic N) is 2. The lowest BCUT2D eigenvalue weighted by molar-refractivity contribution is -0.136. The van der Waals surface area contributed by atoms with E-state index in [1.807, 2.05) is 0 Å². The van der Waals surface area contributed by atoms with Gasteiger partial charge >= 0.3 is 18.2 Å². The van der Waals surface area contributed by atoms with Gasteiger partial charge in [0.1, 0.15) is 17.0 Å². The van der Waals surface area contributed by atoms with Crippen molar-refractivity contribution in [2.75, 3.05) is 4.90 Å². The van der Waals surface area contributed by atoms with Crippen LogP contribution >= 0.6 is 0 Å². The monoisotopic (exact) mass is 352 g/mol. The van der Waals surface area contributed by atoms with E-state index in [9.17, 15) is 14.4 Å². The lowest BCUT2D eigenvalue weighted by Crippen LogP contribution is -2.44. The van der Waals surface area contributed by atoms with Gasteiger partial charge in [-0.1, -0.05) is 6.07 Å². The summed E-state index contributed by atoms with van der Waals surface area (Å²) in [5, 5.41) is 8.88. The Hall–Kier alpha value is -2.64. The number of imide groups is 1. The number of rotatable bonds is 3. The molecule has 0 radical (unpaired) electrons. The molecule has 1 N–H and O–H groups in total. The van der Waals surface area contributed by atoms with Crippen LogP contribution in [0, 0.1) is 0 Å². The average molecular weight is 352 g/mol. The van der Waals surface area contributed by atoms with E-state index in [4.69, 9.17) is 14.6 Å². The number of aliphatic carboxylic acids is 1. The molecule has 0 fully saturated rings. The summed E-state index contributed by atoms with van der Waals surface area (Å²) in [7, 11) is 0. The van der Waals surface area contributed by atoms with Crippen molar-refractivity contribution in [3.63, 3.8) is 0 Å². The molecule has 0 atom stereocenters. The Labute approximate surface area is 146 Å². The van der Waals surface area contributed by atoms with Crippen LogP contribution in [0.4, 0.5) is 15.4 Å². The van der Waals surface area contributed by atoms with Gasteiger partial charge in [-0.2, -0.15) is 4.90 Å². The Bertz CT molecular complexity index is 630. The lowest BCUT2D eigenvalue weighted by Gasteiger charge is -2.28. The van der Waals surface area contributed by atoms with Gasteiger partial charge in [0.15, 0.2) is 0 Å². The number of hydrogen-bond donors (Lipinski definition) is 1. The molecule has 0 aliphatic carbocycles. The Kier molecular flexibility index (Phi) is 6.12. The summed E-state index contributed by atoms with van der Waals surface area (Å²) in [6, 6.07) is 4.39. The van der Waals surface area contributed by atoms with Crippen LogP contribution in [0.5, 0.6) is 0 Å². The van der Waals surface area contributed by atoms with E-state index >= 15 is 0 Å². The lowest BCUT2D eigenvalue weighted by atomic mass is 10.2. The number of carboxylic acids is 1. The molecule has 138 valence electrons. The first-order chi connectivity index (χ1) is 11.3. The molecule has 8 nitrogen and oxygen atoms in total. The number of pyridine rings is 1. The number of aromatic nitrogens is 1. The summed E-state index contributed by atoms with van der Waals surface area (Å²) in [6.45, 7) is 9.96. The fourth-order valence-electron chi connectivity index (χ4n) is 1.72. The highest BCUT2D eigenvalue weighted by Crippen LogP contribution is 2.20. The Morgan fingerprint density at radius 3 is 1.88 bits per heavy atom. The van der Waals surface area contributed by atoms with Crippen molar-refractivity contribution in [3.05, 3.63) is 23.9 Å². The minimum atomic E-state index is -1.08. The predicted octanol–water partition coefficient (Wildman–Crippen LogP) is 3.39. The molecular formula is C17H24N2O6. The van der Waals surface area contributed by atoms with E-state index in [0.29, 0.717) is 4.90 Å². The molecule has 0 saturated carbocycles. The molecule has 0 unspecified atom stereocenters. The van der Waals surface area contributed by atoms with Crippen molar-refractivity contribution < 1.29 is 29.0 Å². The van der Waals surface area contributed by atoms with Gasteiger partial charge in [0.05, 0.1) is 12.1 Å². The number of carbonyl (C=O) groups is 3. The van der Waals surface area contributed by atoms with Crippen molar-refractivity contribution in [1.29, 1.82) is 0 Å². The SMILES string of the molecule is CC(C)(C)OC(=O)N(C(=O)OC(C)(C)C)c1cccc(CC(=O)O)n1. The molecule has 0 spiro atoms. The maximum absolute atomic E-state index is 12.5. The van der Waals surface area contributed by atoms with Gasteiger partial charge < -0.3 is 14.6 Å². The first kappa shape index (κ1) is 20.4. The zero-order valence-corrected chi connectivity index (χ0v) is 15.3. The van der Waals surface area contributed by atoms with Crippen molar-refractivity contribution >= 4 is 24.0 Å². The third kappa shape index (κ3) is 7.19. The number of hydrogen-bond acceptors (Lipinski definition) is 6. The number of amides is 2. The molecule has 25 heavy (non-hydrogen) atoms. The van der Waals surface area contributed by atoms with Crippen molar-refractivity contribution in [2.24, 2.45) is 0 Å². The molecule has 0 aliphatic rings. The quantitative estimate of drug-likeness (QED) is 0.888. The van der Waals surface area contributed by atoms with E-state index in [2.05, 4.69) is 4.98 Å². The maximum Gasteiger partial charge on any atom is 0.425 e. The van der Waals surface area contributed by atoms with Crippen LogP contribution < -0.4 is 4.90 Å². The third-order valence-electron chi connectivity index (χ3n) is 2.51. The summed E-state index contributed by atoms with van der Waals surface area (Å²) < 4.78 is 10.5. The fraction of sp³-hybridized carbons (Fsp3) is 0.529. The second-order valence-corrected chi connectivity index (χ2v) is 7.35. The molecule has 0 saturated heterocycles. The van der Waals surface area contributed by atoms with Crippen LogP contribution in [0.25, 0.3) is 0 Å².